The SMILES string of the molecule is CCC(C)Oc1cccc(C(N)CC)c1. The van der Waals surface area contributed by atoms with E-state index in [1.807, 2.05) is 18.2 Å². The molecule has 15 heavy (non-hydrogen) atoms. The zero-order valence-corrected chi connectivity index (χ0v) is 9.86. The highest BCUT2D eigenvalue weighted by molar-refractivity contribution is 5.30. The fourth-order valence-corrected chi connectivity index (χ4v) is 1.37. The zero-order valence-electron chi connectivity index (χ0n) is 9.86. The summed E-state index contributed by atoms with van der Waals surface area (Å²) in [4.78, 5) is 0. The van der Waals surface area contributed by atoms with Crippen molar-refractivity contribution >= 4 is 0 Å². The molecular formula is C13H21NO. The largest absolute Gasteiger partial charge is 0.491 e. The molecule has 84 valence electrons. The van der Waals surface area contributed by atoms with Crippen LogP contribution >= 0.6 is 0 Å². The van der Waals surface area contributed by atoms with Crippen LogP contribution in [0, 0.1) is 0 Å². The lowest BCUT2D eigenvalue weighted by Gasteiger charge is -2.15. The minimum Gasteiger partial charge on any atom is -0.491 e. The van der Waals surface area contributed by atoms with Gasteiger partial charge in [0.2, 0.25) is 0 Å². The average molecular weight is 207 g/mol. The van der Waals surface area contributed by atoms with E-state index in [1.165, 1.54) is 0 Å². The van der Waals surface area contributed by atoms with Gasteiger partial charge in [0.1, 0.15) is 5.75 Å². The van der Waals surface area contributed by atoms with Crippen LogP contribution in [0.4, 0.5) is 0 Å². The molecule has 2 unspecified atom stereocenters. The van der Waals surface area contributed by atoms with Gasteiger partial charge >= 0.3 is 0 Å². The third kappa shape index (κ3) is 3.56. The molecule has 0 aromatic heterocycles. The summed E-state index contributed by atoms with van der Waals surface area (Å²) in [5, 5.41) is 0. The third-order valence-electron chi connectivity index (χ3n) is 2.64. The Hall–Kier alpha value is -1.02. The molecular weight excluding hydrogens is 186 g/mol. The van der Waals surface area contributed by atoms with Gasteiger partial charge in [-0.2, -0.15) is 0 Å². The van der Waals surface area contributed by atoms with Crippen LogP contribution in [0.5, 0.6) is 5.75 Å². The third-order valence-corrected chi connectivity index (χ3v) is 2.64. The molecule has 2 nitrogen and oxygen atoms in total. The Bertz CT molecular complexity index is 298. The van der Waals surface area contributed by atoms with Crippen molar-refractivity contribution in [1.82, 2.24) is 0 Å². The molecule has 0 spiro atoms. The van der Waals surface area contributed by atoms with Crippen molar-refractivity contribution in [3.05, 3.63) is 29.8 Å². The smallest absolute Gasteiger partial charge is 0.120 e. The molecule has 1 aromatic rings. The first-order valence-corrected chi connectivity index (χ1v) is 5.69. The highest BCUT2D eigenvalue weighted by Gasteiger charge is 2.05. The summed E-state index contributed by atoms with van der Waals surface area (Å²) in [7, 11) is 0. The summed E-state index contributed by atoms with van der Waals surface area (Å²) in [5.74, 6) is 0.922. The topological polar surface area (TPSA) is 35.2 Å². The summed E-state index contributed by atoms with van der Waals surface area (Å²) in [6.45, 7) is 6.28. The van der Waals surface area contributed by atoms with Crippen molar-refractivity contribution < 1.29 is 4.74 Å². The van der Waals surface area contributed by atoms with Gasteiger partial charge in [-0.3, -0.25) is 0 Å². The standard InChI is InChI=1S/C13H21NO/c1-4-10(3)15-12-8-6-7-11(9-12)13(14)5-2/h6-10,13H,4-5,14H2,1-3H3. The Morgan fingerprint density at radius 2 is 2.00 bits per heavy atom. The fraction of sp³-hybridized carbons (Fsp3) is 0.538. The molecule has 1 aromatic carbocycles. The predicted molar refractivity (Wildman–Crippen MR) is 64.0 cm³/mol. The summed E-state index contributed by atoms with van der Waals surface area (Å²) in [6, 6.07) is 8.20. The lowest BCUT2D eigenvalue weighted by Crippen LogP contribution is -2.11. The van der Waals surface area contributed by atoms with Gasteiger partial charge in [0.25, 0.3) is 0 Å². The zero-order chi connectivity index (χ0) is 11.3. The highest BCUT2D eigenvalue weighted by Crippen LogP contribution is 2.20. The molecule has 0 aliphatic carbocycles. The van der Waals surface area contributed by atoms with Crippen LogP contribution in [0.1, 0.15) is 45.2 Å². The van der Waals surface area contributed by atoms with Gasteiger partial charge in [-0.15, -0.1) is 0 Å². The van der Waals surface area contributed by atoms with Gasteiger partial charge < -0.3 is 10.5 Å². The van der Waals surface area contributed by atoms with Crippen LogP contribution in [-0.2, 0) is 0 Å². The number of rotatable bonds is 5. The molecule has 2 N–H and O–H groups in total. The second-order valence-corrected chi connectivity index (χ2v) is 3.92. The highest BCUT2D eigenvalue weighted by atomic mass is 16.5. The van der Waals surface area contributed by atoms with E-state index in [2.05, 4.69) is 26.8 Å². The van der Waals surface area contributed by atoms with E-state index in [-0.39, 0.29) is 12.1 Å². The minimum atomic E-state index is 0.116. The van der Waals surface area contributed by atoms with Gasteiger partial charge in [0.05, 0.1) is 6.10 Å². The van der Waals surface area contributed by atoms with Crippen LogP contribution in [0.25, 0.3) is 0 Å². The van der Waals surface area contributed by atoms with Gasteiger partial charge in [0, 0.05) is 6.04 Å². The Morgan fingerprint density at radius 3 is 2.60 bits per heavy atom. The van der Waals surface area contributed by atoms with Gasteiger partial charge in [-0.05, 0) is 37.5 Å². The van der Waals surface area contributed by atoms with E-state index in [9.17, 15) is 0 Å². The van der Waals surface area contributed by atoms with E-state index >= 15 is 0 Å². The monoisotopic (exact) mass is 207 g/mol. The number of benzene rings is 1. The molecule has 1 rings (SSSR count). The van der Waals surface area contributed by atoms with Gasteiger partial charge in [-0.1, -0.05) is 26.0 Å². The van der Waals surface area contributed by atoms with Crippen LogP contribution in [0.15, 0.2) is 24.3 Å². The lowest BCUT2D eigenvalue weighted by atomic mass is 10.1. The van der Waals surface area contributed by atoms with Crippen molar-refractivity contribution in [3.63, 3.8) is 0 Å². The van der Waals surface area contributed by atoms with E-state index in [1.54, 1.807) is 0 Å². The summed E-state index contributed by atoms with van der Waals surface area (Å²) in [5.41, 5.74) is 7.12. The second kappa shape index (κ2) is 5.76. The fourth-order valence-electron chi connectivity index (χ4n) is 1.37. The first-order valence-electron chi connectivity index (χ1n) is 5.69. The van der Waals surface area contributed by atoms with E-state index in [4.69, 9.17) is 10.5 Å². The van der Waals surface area contributed by atoms with Crippen molar-refractivity contribution in [2.75, 3.05) is 0 Å². The Labute approximate surface area is 92.4 Å². The van der Waals surface area contributed by atoms with E-state index in [0.717, 1.165) is 24.2 Å². The molecule has 0 aliphatic rings. The van der Waals surface area contributed by atoms with Crippen molar-refractivity contribution in [1.29, 1.82) is 0 Å². The first-order chi connectivity index (χ1) is 7.17. The second-order valence-electron chi connectivity index (χ2n) is 3.92. The van der Waals surface area contributed by atoms with Crippen LogP contribution in [0.3, 0.4) is 0 Å². The van der Waals surface area contributed by atoms with Crippen molar-refractivity contribution in [2.24, 2.45) is 5.73 Å². The maximum absolute atomic E-state index is 5.97. The first kappa shape index (κ1) is 12.1. The van der Waals surface area contributed by atoms with Crippen molar-refractivity contribution in [2.45, 2.75) is 45.8 Å². The number of hydrogen-bond donors (Lipinski definition) is 1. The molecule has 0 amide bonds. The van der Waals surface area contributed by atoms with Crippen LogP contribution < -0.4 is 10.5 Å². The number of nitrogens with two attached hydrogens (primary N) is 1. The van der Waals surface area contributed by atoms with E-state index in [0.29, 0.717) is 0 Å². The van der Waals surface area contributed by atoms with E-state index < -0.39 is 0 Å². The number of hydrogen-bond acceptors (Lipinski definition) is 2. The maximum Gasteiger partial charge on any atom is 0.120 e. The minimum absolute atomic E-state index is 0.116. The average Bonchev–Trinajstić information content (AvgIpc) is 2.28. The Kier molecular flexibility index (Phi) is 4.63. The molecule has 0 bridgehead atoms. The quantitative estimate of drug-likeness (QED) is 0.804. The molecule has 0 heterocycles. The van der Waals surface area contributed by atoms with Gasteiger partial charge in [-0.25, -0.2) is 0 Å². The Balaban J connectivity index is 2.74. The summed E-state index contributed by atoms with van der Waals surface area (Å²) >= 11 is 0. The molecule has 0 aliphatic heterocycles. The van der Waals surface area contributed by atoms with Gasteiger partial charge in [0.15, 0.2) is 0 Å². The summed E-state index contributed by atoms with van der Waals surface area (Å²) in [6.07, 6.45) is 2.23. The van der Waals surface area contributed by atoms with Crippen LogP contribution in [-0.4, -0.2) is 6.10 Å². The number of ether oxygens (including phenoxy) is 1. The van der Waals surface area contributed by atoms with Crippen LogP contribution in [0.2, 0.25) is 0 Å². The molecule has 2 atom stereocenters. The molecule has 0 saturated carbocycles. The predicted octanol–water partition coefficient (Wildman–Crippen LogP) is 3.27. The molecule has 2 heteroatoms. The Morgan fingerprint density at radius 1 is 1.27 bits per heavy atom. The maximum atomic E-state index is 5.97. The van der Waals surface area contributed by atoms with Crippen molar-refractivity contribution in [3.8, 4) is 5.75 Å². The molecule has 0 radical (unpaired) electrons. The summed E-state index contributed by atoms with van der Waals surface area (Å²) < 4.78 is 5.74. The lowest BCUT2D eigenvalue weighted by molar-refractivity contribution is 0.217. The normalized spacial score (nSPS) is 14.7. The molecule has 0 saturated heterocycles. The molecule has 0 fully saturated rings.